The van der Waals surface area contributed by atoms with Crippen LogP contribution in [-0.4, -0.2) is 54.0 Å². The topological polar surface area (TPSA) is 121 Å². The second-order valence-electron chi connectivity index (χ2n) is 6.62. The Bertz CT molecular complexity index is 725. The summed E-state index contributed by atoms with van der Waals surface area (Å²) < 4.78 is 0. The Hall–Kier alpha value is -2.68. The molecule has 0 unspecified atom stereocenters. The summed E-state index contributed by atoms with van der Waals surface area (Å²) in [6.07, 6.45) is 4.43. The van der Waals surface area contributed by atoms with E-state index >= 15 is 0 Å². The van der Waals surface area contributed by atoms with Gasteiger partial charge < -0.3 is 16.0 Å². The van der Waals surface area contributed by atoms with Crippen LogP contribution in [0.1, 0.15) is 49.4 Å². The molecule has 0 radical (unpaired) electrons. The average molecular weight is 436 g/mol. The van der Waals surface area contributed by atoms with Gasteiger partial charge in [-0.2, -0.15) is 0 Å². The first-order chi connectivity index (χ1) is 14.4. The average Bonchev–Trinajstić information content (AvgIpc) is 2.76. The molecule has 0 aliphatic heterocycles. The van der Waals surface area contributed by atoms with E-state index in [2.05, 4.69) is 22.9 Å². The van der Waals surface area contributed by atoms with Crippen LogP contribution < -0.4 is 16.0 Å². The van der Waals surface area contributed by atoms with Gasteiger partial charge in [0.2, 0.25) is 22.8 Å². The fraction of sp³-hybridized carbons (Fsp3) is 0.476. The zero-order valence-corrected chi connectivity index (χ0v) is 18.0. The molecule has 8 nitrogen and oxygen atoms in total. The third-order valence-corrected chi connectivity index (χ3v) is 4.93. The first kappa shape index (κ1) is 25.4. The highest BCUT2D eigenvalue weighted by Gasteiger charge is 2.12. The summed E-state index contributed by atoms with van der Waals surface area (Å²) >= 11 is 0.846. The minimum absolute atomic E-state index is 0.0411. The van der Waals surface area contributed by atoms with Gasteiger partial charge in [-0.25, -0.2) is 0 Å². The molecule has 0 spiro atoms. The first-order valence-electron chi connectivity index (χ1n) is 9.96. The van der Waals surface area contributed by atoms with Crippen LogP contribution in [0.15, 0.2) is 30.3 Å². The number of unbranched alkanes of at least 4 members (excludes halogenated alkanes) is 3. The van der Waals surface area contributed by atoms with Gasteiger partial charge in [0, 0.05) is 12.0 Å². The summed E-state index contributed by atoms with van der Waals surface area (Å²) in [5.74, 6) is -1.62. The van der Waals surface area contributed by atoms with Gasteiger partial charge in [0.1, 0.15) is 0 Å². The molecule has 0 saturated heterocycles. The van der Waals surface area contributed by atoms with Crippen molar-refractivity contribution in [3.05, 3.63) is 35.9 Å². The Morgan fingerprint density at radius 2 is 1.37 bits per heavy atom. The van der Waals surface area contributed by atoms with E-state index < -0.39 is 17.7 Å². The van der Waals surface area contributed by atoms with Crippen molar-refractivity contribution in [1.29, 1.82) is 0 Å². The zero-order valence-electron chi connectivity index (χ0n) is 17.2. The Labute approximate surface area is 180 Å². The number of nitrogens with one attached hydrogen (secondary N) is 3. The fourth-order valence-corrected chi connectivity index (χ4v) is 3.02. The number of benzene rings is 1. The lowest BCUT2D eigenvalue weighted by molar-refractivity contribution is -0.128. The zero-order chi connectivity index (χ0) is 22.2. The minimum atomic E-state index is -0.538. The van der Waals surface area contributed by atoms with Crippen molar-refractivity contribution >= 4 is 40.4 Å². The predicted octanol–water partition coefficient (Wildman–Crippen LogP) is 1.45. The summed E-state index contributed by atoms with van der Waals surface area (Å²) in [6, 6.07) is 8.58. The number of ketones is 1. The van der Waals surface area contributed by atoms with Crippen molar-refractivity contribution in [2.45, 2.75) is 39.0 Å². The number of thioether (sulfide) groups is 1. The van der Waals surface area contributed by atoms with E-state index in [9.17, 15) is 24.0 Å². The lowest BCUT2D eigenvalue weighted by Gasteiger charge is -2.08. The number of Topliss-reactive ketones (excluding diaryl/α,β-unsaturated/α-hetero) is 1. The Balaban J connectivity index is 2.11. The molecule has 1 aromatic carbocycles. The van der Waals surface area contributed by atoms with Crippen molar-refractivity contribution in [1.82, 2.24) is 16.0 Å². The molecule has 0 fully saturated rings. The number of rotatable bonds is 14. The van der Waals surface area contributed by atoms with Gasteiger partial charge in [-0.15, -0.1) is 0 Å². The van der Waals surface area contributed by atoms with E-state index in [1.807, 2.05) is 0 Å². The molecule has 1 aromatic rings. The Morgan fingerprint density at radius 1 is 0.767 bits per heavy atom. The first-order valence-corrected chi connectivity index (χ1v) is 10.9. The summed E-state index contributed by atoms with van der Waals surface area (Å²) in [5, 5.41) is 6.98. The molecule has 0 atom stereocenters. The molecule has 0 heterocycles. The monoisotopic (exact) mass is 435 g/mol. The van der Waals surface area contributed by atoms with Crippen LogP contribution in [0, 0.1) is 0 Å². The van der Waals surface area contributed by atoms with Crippen LogP contribution in [0.2, 0.25) is 0 Å². The van der Waals surface area contributed by atoms with Crippen LogP contribution >= 0.6 is 11.8 Å². The molecule has 0 aromatic heterocycles. The van der Waals surface area contributed by atoms with Gasteiger partial charge in [0.25, 0.3) is 0 Å². The van der Waals surface area contributed by atoms with E-state index in [1.165, 1.54) is 0 Å². The number of carbonyl (C=O) groups is 5. The van der Waals surface area contributed by atoms with E-state index in [0.29, 0.717) is 12.0 Å². The van der Waals surface area contributed by atoms with Crippen molar-refractivity contribution in [3.63, 3.8) is 0 Å². The summed E-state index contributed by atoms with van der Waals surface area (Å²) in [6.45, 7) is 1.46. The predicted molar refractivity (Wildman–Crippen MR) is 116 cm³/mol. The van der Waals surface area contributed by atoms with Gasteiger partial charge in [-0.05, 0) is 6.42 Å². The highest BCUT2D eigenvalue weighted by Crippen LogP contribution is 2.11. The smallest absolute Gasteiger partial charge is 0.239 e. The molecule has 0 aliphatic carbocycles. The summed E-state index contributed by atoms with van der Waals surface area (Å²) in [7, 11) is 0. The Morgan fingerprint density at radius 3 is 2.00 bits per heavy atom. The molecule has 164 valence electrons. The molecular weight excluding hydrogens is 406 g/mol. The van der Waals surface area contributed by atoms with Crippen molar-refractivity contribution < 1.29 is 24.0 Å². The van der Waals surface area contributed by atoms with Gasteiger partial charge in [-0.3, -0.25) is 24.0 Å². The van der Waals surface area contributed by atoms with Crippen molar-refractivity contribution in [2.24, 2.45) is 0 Å². The maximum atomic E-state index is 11.9. The third kappa shape index (κ3) is 12.0. The van der Waals surface area contributed by atoms with Crippen LogP contribution in [0.5, 0.6) is 0 Å². The molecular formula is C21H29N3O5S. The quantitative estimate of drug-likeness (QED) is 0.380. The highest BCUT2D eigenvalue weighted by molar-refractivity contribution is 8.14. The normalized spacial score (nSPS) is 10.2. The van der Waals surface area contributed by atoms with Gasteiger partial charge >= 0.3 is 0 Å². The number of hydrogen-bond acceptors (Lipinski definition) is 6. The lowest BCUT2D eigenvalue weighted by atomic mass is 10.1. The van der Waals surface area contributed by atoms with Crippen molar-refractivity contribution in [2.75, 3.05) is 25.4 Å². The number of hydrogen-bond donors (Lipinski definition) is 3. The van der Waals surface area contributed by atoms with E-state index in [4.69, 9.17) is 0 Å². The van der Waals surface area contributed by atoms with Crippen LogP contribution in [-0.2, 0) is 19.2 Å². The van der Waals surface area contributed by atoms with E-state index in [1.54, 1.807) is 30.3 Å². The maximum absolute atomic E-state index is 11.9. The molecule has 1 rings (SSSR count). The highest BCUT2D eigenvalue weighted by atomic mass is 32.2. The molecule has 30 heavy (non-hydrogen) atoms. The SMILES string of the molecule is CCCCCCC(=O)CNC(=O)CNC(=O)CNC(=O)CSC(=O)c1ccccc1. The summed E-state index contributed by atoms with van der Waals surface area (Å²) in [5.41, 5.74) is 0.499. The van der Waals surface area contributed by atoms with Gasteiger partial charge in [0.15, 0.2) is 5.78 Å². The molecule has 0 aliphatic rings. The number of amides is 3. The molecule has 3 N–H and O–H groups in total. The lowest BCUT2D eigenvalue weighted by Crippen LogP contribution is -2.43. The van der Waals surface area contributed by atoms with Crippen LogP contribution in [0.25, 0.3) is 0 Å². The van der Waals surface area contributed by atoms with Crippen molar-refractivity contribution in [3.8, 4) is 0 Å². The van der Waals surface area contributed by atoms with Crippen LogP contribution in [0.3, 0.4) is 0 Å². The third-order valence-electron chi connectivity index (χ3n) is 4.03. The molecule has 0 saturated carbocycles. The largest absolute Gasteiger partial charge is 0.347 e. The maximum Gasteiger partial charge on any atom is 0.239 e. The van der Waals surface area contributed by atoms with E-state index in [-0.39, 0.29) is 36.3 Å². The Kier molecular flexibility index (Phi) is 12.8. The molecule has 0 bridgehead atoms. The van der Waals surface area contributed by atoms with Gasteiger partial charge in [-0.1, -0.05) is 68.3 Å². The number of carbonyl (C=O) groups excluding carboxylic acids is 5. The molecule has 3 amide bonds. The second kappa shape index (κ2) is 15.2. The molecule has 9 heteroatoms. The summed E-state index contributed by atoms with van der Waals surface area (Å²) in [4.78, 5) is 58.7. The van der Waals surface area contributed by atoms with Gasteiger partial charge in [0.05, 0.1) is 25.4 Å². The second-order valence-corrected chi connectivity index (χ2v) is 7.57. The minimum Gasteiger partial charge on any atom is -0.347 e. The van der Waals surface area contributed by atoms with Crippen LogP contribution in [0.4, 0.5) is 0 Å². The fourth-order valence-electron chi connectivity index (χ4n) is 2.36. The standard InChI is InChI=1S/C21H29N3O5S/c1-2-3-4-8-11-17(25)12-22-18(26)13-23-19(27)14-24-20(28)15-30-21(29)16-9-6-5-7-10-16/h5-7,9-10H,2-4,8,11-15H2,1H3,(H,22,26)(H,23,27)(H,24,28). The van der Waals surface area contributed by atoms with E-state index in [0.717, 1.165) is 37.4 Å².